The van der Waals surface area contributed by atoms with Crippen molar-refractivity contribution in [3.8, 4) is 0 Å². The Morgan fingerprint density at radius 1 is 1.45 bits per heavy atom. The van der Waals surface area contributed by atoms with Crippen molar-refractivity contribution in [1.82, 2.24) is 4.98 Å². The number of hydrogen-bond acceptors (Lipinski definition) is 4. The third kappa shape index (κ3) is 3.46. The summed E-state index contributed by atoms with van der Waals surface area (Å²) in [5.41, 5.74) is 1.93. The first-order valence-corrected chi connectivity index (χ1v) is 8.53. The minimum absolute atomic E-state index is 0.0448. The predicted octanol–water partition coefficient (Wildman–Crippen LogP) is 4.53. The zero-order valence-corrected chi connectivity index (χ0v) is 14.0. The number of carbonyl (C=O) groups excluding carboxylic acids is 1. The molecule has 3 nitrogen and oxygen atoms in total. The molecule has 0 bridgehead atoms. The largest absolute Gasteiger partial charge is 0.298 e. The molecule has 2 aromatic heterocycles. The van der Waals surface area contributed by atoms with Gasteiger partial charge in [-0.1, -0.05) is 20.8 Å². The van der Waals surface area contributed by atoms with Crippen LogP contribution in [0.4, 0.5) is 5.13 Å². The maximum Gasteiger partial charge on any atom is 0.258 e. The Bertz CT molecular complexity index is 599. The monoisotopic (exact) mass is 308 g/mol. The first-order chi connectivity index (χ1) is 9.51. The second-order valence-corrected chi connectivity index (χ2v) is 7.42. The standard InChI is InChI=1S/C15H20N2OS2/c1-5-12-10(4)19-8-13(12)14(18)17-15-16-7-11(20-15)6-9(2)3/h7-9H,5-6H2,1-4H3,(H,16,17,18). The number of nitrogens with zero attached hydrogens (tertiary/aromatic N) is 1. The lowest BCUT2D eigenvalue weighted by atomic mass is 10.1. The predicted molar refractivity (Wildman–Crippen MR) is 87.0 cm³/mol. The van der Waals surface area contributed by atoms with Crippen LogP contribution in [0.2, 0.25) is 0 Å². The topological polar surface area (TPSA) is 42.0 Å². The summed E-state index contributed by atoms with van der Waals surface area (Å²) in [6, 6.07) is 0. The molecular formula is C15H20N2OS2. The quantitative estimate of drug-likeness (QED) is 0.882. The average Bonchev–Trinajstić information content (AvgIpc) is 2.95. The van der Waals surface area contributed by atoms with Gasteiger partial charge >= 0.3 is 0 Å². The number of carbonyl (C=O) groups is 1. The molecule has 5 heteroatoms. The first-order valence-electron chi connectivity index (χ1n) is 6.84. The fourth-order valence-electron chi connectivity index (χ4n) is 2.14. The molecule has 0 unspecified atom stereocenters. The molecule has 1 amide bonds. The van der Waals surface area contributed by atoms with E-state index in [4.69, 9.17) is 0 Å². The van der Waals surface area contributed by atoms with Crippen molar-refractivity contribution in [2.75, 3.05) is 5.32 Å². The van der Waals surface area contributed by atoms with Gasteiger partial charge in [0.25, 0.3) is 5.91 Å². The second kappa shape index (κ2) is 6.50. The zero-order valence-electron chi connectivity index (χ0n) is 12.3. The number of hydrogen-bond donors (Lipinski definition) is 1. The van der Waals surface area contributed by atoms with Crippen LogP contribution in [0.25, 0.3) is 0 Å². The number of anilines is 1. The highest BCUT2D eigenvalue weighted by Gasteiger charge is 2.16. The molecule has 2 aromatic rings. The Labute approximate surface area is 128 Å². The summed E-state index contributed by atoms with van der Waals surface area (Å²) in [5, 5.41) is 5.54. The van der Waals surface area contributed by atoms with Gasteiger partial charge in [0.2, 0.25) is 0 Å². The molecule has 0 spiro atoms. The minimum atomic E-state index is -0.0448. The molecule has 0 saturated heterocycles. The molecule has 0 aromatic carbocycles. The van der Waals surface area contributed by atoms with Crippen LogP contribution in [-0.4, -0.2) is 10.9 Å². The molecule has 0 fully saturated rings. The van der Waals surface area contributed by atoms with Crippen LogP contribution in [0.1, 0.15) is 46.4 Å². The molecule has 20 heavy (non-hydrogen) atoms. The Balaban J connectivity index is 2.09. The molecule has 2 rings (SSSR count). The highest BCUT2D eigenvalue weighted by Crippen LogP contribution is 2.25. The number of thiazole rings is 1. The maximum absolute atomic E-state index is 12.3. The van der Waals surface area contributed by atoms with E-state index in [1.54, 1.807) is 22.7 Å². The van der Waals surface area contributed by atoms with Crippen molar-refractivity contribution in [3.63, 3.8) is 0 Å². The van der Waals surface area contributed by atoms with Gasteiger partial charge in [-0.05, 0) is 31.2 Å². The van der Waals surface area contributed by atoms with Crippen LogP contribution in [-0.2, 0) is 12.8 Å². The highest BCUT2D eigenvalue weighted by molar-refractivity contribution is 7.15. The Morgan fingerprint density at radius 2 is 2.20 bits per heavy atom. The van der Waals surface area contributed by atoms with Crippen LogP contribution < -0.4 is 5.32 Å². The van der Waals surface area contributed by atoms with E-state index in [1.165, 1.54) is 9.75 Å². The van der Waals surface area contributed by atoms with E-state index in [1.807, 2.05) is 11.6 Å². The van der Waals surface area contributed by atoms with Gasteiger partial charge < -0.3 is 0 Å². The van der Waals surface area contributed by atoms with Crippen LogP contribution in [0.3, 0.4) is 0 Å². The summed E-state index contributed by atoms with van der Waals surface area (Å²) < 4.78 is 0. The summed E-state index contributed by atoms with van der Waals surface area (Å²) in [7, 11) is 0. The van der Waals surface area contributed by atoms with Crippen LogP contribution in [0.5, 0.6) is 0 Å². The number of nitrogens with one attached hydrogen (secondary N) is 1. The number of aryl methyl sites for hydroxylation is 1. The van der Waals surface area contributed by atoms with Gasteiger partial charge in [-0.15, -0.1) is 22.7 Å². The maximum atomic E-state index is 12.3. The Hall–Kier alpha value is -1.20. The first kappa shape index (κ1) is 15.2. The van der Waals surface area contributed by atoms with Gasteiger partial charge in [0.15, 0.2) is 5.13 Å². The third-order valence-electron chi connectivity index (χ3n) is 3.09. The Kier molecular flexibility index (Phi) is 4.94. The molecule has 2 heterocycles. The summed E-state index contributed by atoms with van der Waals surface area (Å²) in [6.45, 7) is 8.50. The van der Waals surface area contributed by atoms with Crippen molar-refractivity contribution < 1.29 is 4.79 Å². The van der Waals surface area contributed by atoms with Crippen molar-refractivity contribution in [3.05, 3.63) is 32.5 Å². The van der Waals surface area contributed by atoms with Crippen LogP contribution in [0, 0.1) is 12.8 Å². The smallest absolute Gasteiger partial charge is 0.258 e. The lowest BCUT2D eigenvalue weighted by molar-refractivity contribution is 0.102. The summed E-state index contributed by atoms with van der Waals surface area (Å²) in [4.78, 5) is 19.0. The summed E-state index contributed by atoms with van der Waals surface area (Å²) >= 11 is 3.20. The third-order valence-corrected chi connectivity index (χ3v) is 4.97. The van der Waals surface area contributed by atoms with E-state index in [-0.39, 0.29) is 5.91 Å². The molecule has 0 saturated carbocycles. The molecule has 0 aliphatic carbocycles. The Morgan fingerprint density at radius 3 is 2.85 bits per heavy atom. The molecule has 0 aliphatic heterocycles. The fourth-order valence-corrected chi connectivity index (χ4v) is 4.10. The number of rotatable bonds is 5. The van der Waals surface area contributed by atoms with E-state index in [0.717, 1.165) is 24.0 Å². The minimum Gasteiger partial charge on any atom is -0.298 e. The molecule has 0 atom stereocenters. The van der Waals surface area contributed by atoms with E-state index >= 15 is 0 Å². The number of amides is 1. The SMILES string of the molecule is CCc1c(C(=O)Nc2ncc(CC(C)C)s2)csc1C. The molecule has 0 radical (unpaired) electrons. The second-order valence-electron chi connectivity index (χ2n) is 5.22. The van der Waals surface area contributed by atoms with Gasteiger partial charge in [-0.3, -0.25) is 10.1 Å². The van der Waals surface area contributed by atoms with Gasteiger partial charge in [0, 0.05) is 21.3 Å². The van der Waals surface area contributed by atoms with E-state index in [0.29, 0.717) is 11.0 Å². The van der Waals surface area contributed by atoms with Crippen molar-refractivity contribution >= 4 is 33.7 Å². The number of thiophene rings is 1. The average molecular weight is 308 g/mol. The lowest BCUT2D eigenvalue weighted by Gasteiger charge is -2.03. The van der Waals surface area contributed by atoms with Gasteiger partial charge in [0.05, 0.1) is 5.56 Å². The van der Waals surface area contributed by atoms with Crippen LogP contribution >= 0.6 is 22.7 Å². The van der Waals surface area contributed by atoms with Crippen molar-refractivity contribution in [2.45, 2.75) is 40.5 Å². The normalized spacial score (nSPS) is 11.1. The number of aromatic nitrogens is 1. The molecule has 108 valence electrons. The van der Waals surface area contributed by atoms with Crippen molar-refractivity contribution in [2.24, 2.45) is 5.92 Å². The molecule has 0 aliphatic rings. The van der Waals surface area contributed by atoms with E-state index in [9.17, 15) is 4.79 Å². The highest BCUT2D eigenvalue weighted by atomic mass is 32.1. The fraction of sp³-hybridized carbons (Fsp3) is 0.467. The van der Waals surface area contributed by atoms with Gasteiger partial charge in [-0.25, -0.2) is 4.98 Å². The lowest BCUT2D eigenvalue weighted by Crippen LogP contribution is -2.12. The van der Waals surface area contributed by atoms with Gasteiger partial charge in [0.1, 0.15) is 0 Å². The van der Waals surface area contributed by atoms with E-state index in [2.05, 4.69) is 38.0 Å². The van der Waals surface area contributed by atoms with Crippen molar-refractivity contribution in [1.29, 1.82) is 0 Å². The van der Waals surface area contributed by atoms with E-state index < -0.39 is 0 Å². The zero-order chi connectivity index (χ0) is 14.7. The summed E-state index contributed by atoms with van der Waals surface area (Å²) in [5.74, 6) is 0.557. The molecule has 1 N–H and O–H groups in total. The summed E-state index contributed by atoms with van der Waals surface area (Å²) in [6.07, 6.45) is 3.75. The van der Waals surface area contributed by atoms with Gasteiger partial charge in [-0.2, -0.15) is 0 Å². The molecular weight excluding hydrogens is 288 g/mol. The van der Waals surface area contributed by atoms with Crippen LogP contribution in [0.15, 0.2) is 11.6 Å².